The van der Waals surface area contributed by atoms with Crippen LogP contribution in [0.25, 0.3) is 0 Å². The van der Waals surface area contributed by atoms with Crippen molar-refractivity contribution in [1.29, 1.82) is 0 Å². The molecule has 18 heavy (non-hydrogen) atoms. The summed E-state index contributed by atoms with van der Waals surface area (Å²) in [7, 11) is 0. The van der Waals surface area contributed by atoms with Crippen LogP contribution in [-0.2, 0) is 0 Å². The van der Waals surface area contributed by atoms with Gasteiger partial charge >= 0.3 is 0 Å². The number of hydrogen-bond donors (Lipinski definition) is 5. The summed E-state index contributed by atoms with van der Waals surface area (Å²) in [6.07, 6.45) is -0.862. The fourth-order valence-electron chi connectivity index (χ4n) is 1.65. The highest BCUT2D eigenvalue weighted by Gasteiger charge is 2.28. The molecule has 0 aromatic carbocycles. The van der Waals surface area contributed by atoms with Crippen molar-refractivity contribution in [2.75, 3.05) is 26.2 Å². The molecule has 0 spiro atoms. The number of rotatable bonds is 3. The maximum Gasteiger partial charge on any atom is 0.104 e. The van der Waals surface area contributed by atoms with Gasteiger partial charge in [0, 0.05) is 25.2 Å². The third kappa shape index (κ3) is 7.25. The van der Waals surface area contributed by atoms with E-state index in [0.717, 1.165) is 19.6 Å². The molecule has 3 unspecified atom stereocenters. The highest BCUT2D eigenvalue weighted by atomic mass is 16.3. The number of hydrogen-bond acceptors (Lipinski definition) is 6. The normalized spacial score (nSPS) is 25.0. The lowest BCUT2D eigenvalue weighted by Gasteiger charge is -2.39. The van der Waals surface area contributed by atoms with E-state index >= 15 is 0 Å². The van der Waals surface area contributed by atoms with Crippen LogP contribution in [-0.4, -0.2) is 70.4 Å². The predicted octanol–water partition coefficient (Wildman–Crippen LogP) is -1.30. The van der Waals surface area contributed by atoms with Crippen LogP contribution in [0.15, 0.2) is 0 Å². The van der Waals surface area contributed by atoms with E-state index in [1.54, 1.807) is 27.7 Å². The van der Waals surface area contributed by atoms with Gasteiger partial charge in [0.1, 0.15) is 6.23 Å². The van der Waals surface area contributed by atoms with Crippen molar-refractivity contribution >= 4 is 0 Å². The van der Waals surface area contributed by atoms with Crippen LogP contribution >= 0.6 is 0 Å². The molecule has 6 nitrogen and oxygen atoms in total. The molecule has 0 radical (unpaired) electrons. The van der Waals surface area contributed by atoms with E-state index in [1.165, 1.54) is 0 Å². The molecule has 1 rings (SSSR count). The van der Waals surface area contributed by atoms with Crippen molar-refractivity contribution in [3.8, 4) is 0 Å². The summed E-state index contributed by atoms with van der Waals surface area (Å²) >= 11 is 0. The third-order valence-corrected chi connectivity index (χ3v) is 2.77. The van der Waals surface area contributed by atoms with E-state index in [-0.39, 0.29) is 12.6 Å². The SMILES string of the molecule is CC(C)(N)CO.CC(O)C1CNCCN1C(C)O. The number of piperazine rings is 1. The molecule has 6 heteroatoms. The molecule has 6 N–H and O–H groups in total. The Hall–Kier alpha value is -0.240. The van der Waals surface area contributed by atoms with Gasteiger partial charge in [0.2, 0.25) is 0 Å². The average molecular weight is 263 g/mol. The van der Waals surface area contributed by atoms with Crippen molar-refractivity contribution < 1.29 is 15.3 Å². The van der Waals surface area contributed by atoms with Gasteiger partial charge in [0.15, 0.2) is 0 Å². The molecular weight excluding hydrogens is 234 g/mol. The first-order valence-corrected chi connectivity index (χ1v) is 6.41. The summed E-state index contributed by atoms with van der Waals surface area (Å²) in [5.74, 6) is 0. The Morgan fingerprint density at radius 1 is 1.39 bits per heavy atom. The number of aliphatic hydroxyl groups is 3. The van der Waals surface area contributed by atoms with E-state index in [9.17, 15) is 10.2 Å². The summed E-state index contributed by atoms with van der Waals surface area (Å²) in [6.45, 7) is 9.52. The molecule has 1 saturated heterocycles. The Labute approximate surface area is 110 Å². The molecule has 110 valence electrons. The van der Waals surface area contributed by atoms with E-state index in [2.05, 4.69) is 5.32 Å². The summed E-state index contributed by atoms with van der Waals surface area (Å²) in [5.41, 5.74) is 4.88. The van der Waals surface area contributed by atoms with Gasteiger partial charge in [-0.05, 0) is 27.7 Å². The van der Waals surface area contributed by atoms with Crippen LogP contribution < -0.4 is 11.1 Å². The zero-order valence-electron chi connectivity index (χ0n) is 11.9. The molecule has 1 fully saturated rings. The van der Waals surface area contributed by atoms with Crippen molar-refractivity contribution in [3.63, 3.8) is 0 Å². The molecule has 0 aliphatic carbocycles. The number of aliphatic hydroxyl groups excluding tert-OH is 3. The molecule has 0 aromatic rings. The standard InChI is InChI=1S/C8H18N2O2.C4H11NO/c1-6(11)8-5-9-3-4-10(8)7(2)12;1-4(2,5)3-6/h6-9,11-12H,3-5H2,1-2H3;6H,3,5H2,1-2H3. The Balaban J connectivity index is 0.000000411. The minimum atomic E-state index is -0.466. The molecule has 0 saturated carbocycles. The van der Waals surface area contributed by atoms with Gasteiger partial charge in [0.25, 0.3) is 0 Å². The molecule has 1 aliphatic heterocycles. The smallest absolute Gasteiger partial charge is 0.104 e. The van der Waals surface area contributed by atoms with E-state index in [4.69, 9.17) is 10.8 Å². The van der Waals surface area contributed by atoms with Gasteiger partial charge in [0.05, 0.1) is 18.8 Å². The topological polar surface area (TPSA) is 102 Å². The fourth-order valence-corrected chi connectivity index (χ4v) is 1.65. The first-order valence-electron chi connectivity index (χ1n) is 6.41. The van der Waals surface area contributed by atoms with Crippen LogP contribution in [0.3, 0.4) is 0 Å². The van der Waals surface area contributed by atoms with E-state index in [1.807, 2.05) is 4.90 Å². The zero-order valence-corrected chi connectivity index (χ0v) is 11.9. The van der Waals surface area contributed by atoms with Gasteiger partial charge < -0.3 is 26.4 Å². The Morgan fingerprint density at radius 2 is 1.89 bits per heavy atom. The summed E-state index contributed by atoms with van der Waals surface area (Å²) < 4.78 is 0. The van der Waals surface area contributed by atoms with Gasteiger partial charge in [-0.1, -0.05) is 0 Å². The van der Waals surface area contributed by atoms with Crippen LogP contribution in [0.5, 0.6) is 0 Å². The van der Waals surface area contributed by atoms with E-state index in [0.29, 0.717) is 0 Å². The lowest BCUT2D eigenvalue weighted by molar-refractivity contribution is -0.0579. The van der Waals surface area contributed by atoms with Crippen LogP contribution in [0.1, 0.15) is 27.7 Å². The predicted molar refractivity (Wildman–Crippen MR) is 72.1 cm³/mol. The van der Waals surface area contributed by atoms with Crippen LogP contribution in [0.4, 0.5) is 0 Å². The molecule has 1 heterocycles. The second-order valence-corrected chi connectivity index (χ2v) is 5.53. The molecule has 0 bridgehead atoms. The van der Waals surface area contributed by atoms with Crippen LogP contribution in [0, 0.1) is 0 Å². The Kier molecular flexibility index (Phi) is 7.93. The zero-order chi connectivity index (χ0) is 14.3. The second kappa shape index (κ2) is 8.04. The molecule has 1 aliphatic rings. The fraction of sp³-hybridized carbons (Fsp3) is 1.00. The van der Waals surface area contributed by atoms with Gasteiger partial charge in [-0.15, -0.1) is 0 Å². The quantitative estimate of drug-likeness (QED) is 0.434. The third-order valence-electron chi connectivity index (χ3n) is 2.77. The van der Waals surface area contributed by atoms with Crippen molar-refractivity contribution in [1.82, 2.24) is 10.2 Å². The second-order valence-electron chi connectivity index (χ2n) is 5.53. The van der Waals surface area contributed by atoms with Crippen molar-refractivity contribution in [2.24, 2.45) is 5.73 Å². The number of nitrogens with zero attached hydrogens (tertiary/aromatic N) is 1. The van der Waals surface area contributed by atoms with Gasteiger partial charge in [-0.3, -0.25) is 4.90 Å². The minimum absolute atomic E-state index is 0.0405. The van der Waals surface area contributed by atoms with Crippen LogP contribution in [0.2, 0.25) is 0 Å². The molecule has 0 aromatic heterocycles. The summed E-state index contributed by atoms with van der Waals surface area (Å²) in [6, 6.07) is 0.0405. The van der Waals surface area contributed by atoms with Crippen molar-refractivity contribution in [3.05, 3.63) is 0 Å². The average Bonchev–Trinajstić information content (AvgIpc) is 2.28. The summed E-state index contributed by atoms with van der Waals surface area (Å²) in [5, 5.41) is 30.3. The highest BCUT2D eigenvalue weighted by Crippen LogP contribution is 2.09. The Bertz CT molecular complexity index is 201. The van der Waals surface area contributed by atoms with Gasteiger partial charge in [-0.2, -0.15) is 0 Å². The van der Waals surface area contributed by atoms with Crippen molar-refractivity contribution in [2.45, 2.75) is 51.6 Å². The highest BCUT2D eigenvalue weighted by molar-refractivity contribution is 4.83. The lowest BCUT2D eigenvalue weighted by atomic mass is 10.1. The molecule has 3 atom stereocenters. The molecular formula is C12H29N3O3. The largest absolute Gasteiger partial charge is 0.394 e. The van der Waals surface area contributed by atoms with Gasteiger partial charge in [-0.25, -0.2) is 0 Å². The lowest BCUT2D eigenvalue weighted by Crippen LogP contribution is -2.58. The first-order chi connectivity index (χ1) is 8.19. The maximum atomic E-state index is 9.40. The summed E-state index contributed by atoms with van der Waals surface area (Å²) in [4.78, 5) is 1.92. The minimum Gasteiger partial charge on any atom is -0.394 e. The first kappa shape index (κ1) is 17.8. The Morgan fingerprint density at radius 3 is 2.17 bits per heavy atom. The van der Waals surface area contributed by atoms with E-state index < -0.39 is 17.9 Å². The maximum absolute atomic E-state index is 9.40. The number of nitrogens with one attached hydrogen (secondary N) is 1. The monoisotopic (exact) mass is 263 g/mol. The molecule has 0 amide bonds. The number of nitrogens with two attached hydrogens (primary N) is 1.